The van der Waals surface area contributed by atoms with Gasteiger partial charge in [-0.2, -0.15) is 0 Å². The van der Waals surface area contributed by atoms with Gasteiger partial charge in [0, 0.05) is 17.1 Å². The van der Waals surface area contributed by atoms with Crippen LogP contribution in [0.4, 0.5) is 5.69 Å². The van der Waals surface area contributed by atoms with Gasteiger partial charge in [-0.3, -0.25) is 9.59 Å². The number of benzene rings is 3. The summed E-state index contributed by atoms with van der Waals surface area (Å²) in [5, 5.41) is 6.20. The monoisotopic (exact) mass is 418 g/mol. The predicted molar refractivity (Wildman–Crippen MR) is 117 cm³/mol. The lowest BCUT2D eigenvalue weighted by Crippen LogP contribution is -2.26. The van der Waals surface area contributed by atoms with Crippen LogP contribution >= 0.6 is 11.6 Å². The highest BCUT2D eigenvalue weighted by Crippen LogP contribution is 2.33. The van der Waals surface area contributed by atoms with Gasteiger partial charge >= 0.3 is 0 Å². The van der Waals surface area contributed by atoms with Crippen LogP contribution in [-0.2, 0) is 11.3 Å². The SMILES string of the molecule is Cc1ccccc1CNC(=O)c1ccc2c(c1)NC(=O)C(=Cc1ccccc1Cl)O2. The molecule has 2 N–H and O–H groups in total. The molecule has 150 valence electrons. The number of nitrogens with one attached hydrogen (secondary N) is 2. The Bertz CT molecular complexity index is 1170. The van der Waals surface area contributed by atoms with Crippen LogP contribution in [0.2, 0.25) is 5.02 Å². The quantitative estimate of drug-likeness (QED) is 0.589. The standard InChI is InChI=1S/C24H19ClN2O3/c1-15-6-2-3-8-18(15)14-26-23(28)17-10-11-21-20(12-17)27-24(29)22(30-21)13-16-7-4-5-9-19(16)25/h2-13H,14H2,1H3,(H,26,28)(H,27,29). The summed E-state index contributed by atoms with van der Waals surface area (Å²) in [6, 6.07) is 20.0. The van der Waals surface area contributed by atoms with E-state index in [4.69, 9.17) is 16.3 Å². The second-order valence-electron chi connectivity index (χ2n) is 6.91. The van der Waals surface area contributed by atoms with E-state index in [1.165, 1.54) is 0 Å². The van der Waals surface area contributed by atoms with Gasteiger partial charge in [0.05, 0.1) is 5.69 Å². The van der Waals surface area contributed by atoms with Crippen LogP contribution in [0.5, 0.6) is 5.75 Å². The molecule has 1 aliphatic rings. The molecule has 3 aromatic rings. The van der Waals surface area contributed by atoms with Crippen LogP contribution in [0.3, 0.4) is 0 Å². The Hall–Kier alpha value is -3.57. The average Bonchev–Trinajstić information content (AvgIpc) is 2.74. The summed E-state index contributed by atoms with van der Waals surface area (Å²) in [6.07, 6.45) is 1.59. The molecule has 0 aliphatic carbocycles. The van der Waals surface area contributed by atoms with Crippen LogP contribution in [-0.4, -0.2) is 11.8 Å². The molecular weight excluding hydrogens is 400 g/mol. The van der Waals surface area contributed by atoms with Gasteiger partial charge in [-0.05, 0) is 54.0 Å². The first-order valence-corrected chi connectivity index (χ1v) is 9.81. The molecule has 0 saturated heterocycles. The predicted octanol–water partition coefficient (Wildman–Crippen LogP) is 4.95. The van der Waals surface area contributed by atoms with Gasteiger partial charge in [-0.1, -0.05) is 54.1 Å². The molecule has 2 amide bonds. The number of fused-ring (bicyclic) bond motifs is 1. The molecule has 0 aromatic heterocycles. The molecule has 3 aromatic carbocycles. The van der Waals surface area contributed by atoms with Crippen molar-refractivity contribution >= 4 is 35.2 Å². The molecule has 30 heavy (non-hydrogen) atoms. The first-order valence-electron chi connectivity index (χ1n) is 9.43. The number of aryl methyl sites for hydroxylation is 1. The van der Waals surface area contributed by atoms with Crippen LogP contribution in [0.25, 0.3) is 6.08 Å². The van der Waals surface area contributed by atoms with Crippen molar-refractivity contribution in [1.82, 2.24) is 5.32 Å². The summed E-state index contributed by atoms with van der Waals surface area (Å²) < 4.78 is 5.74. The maximum Gasteiger partial charge on any atom is 0.291 e. The number of anilines is 1. The Morgan fingerprint density at radius 2 is 1.87 bits per heavy atom. The Kier molecular flexibility index (Phi) is 5.55. The number of hydrogen-bond acceptors (Lipinski definition) is 3. The largest absolute Gasteiger partial charge is 0.449 e. The van der Waals surface area contributed by atoms with Crippen molar-refractivity contribution in [3.8, 4) is 5.75 Å². The number of ether oxygens (including phenoxy) is 1. The first kappa shape index (κ1) is 19.7. The molecule has 4 rings (SSSR count). The number of rotatable bonds is 4. The molecule has 0 bridgehead atoms. The van der Waals surface area contributed by atoms with Crippen molar-refractivity contribution in [2.75, 3.05) is 5.32 Å². The first-order chi connectivity index (χ1) is 14.5. The topological polar surface area (TPSA) is 67.4 Å². The van der Waals surface area contributed by atoms with Crippen molar-refractivity contribution < 1.29 is 14.3 Å². The third-order valence-corrected chi connectivity index (χ3v) is 5.17. The van der Waals surface area contributed by atoms with E-state index in [-0.39, 0.29) is 11.7 Å². The molecular formula is C24H19ClN2O3. The zero-order valence-electron chi connectivity index (χ0n) is 16.2. The van der Waals surface area contributed by atoms with Crippen LogP contribution in [0.1, 0.15) is 27.0 Å². The molecule has 0 fully saturated rings. The summed E-state index contributed by atoms with van der Waals surface area (Å²) >= 11 is 6.15. The lowest BCUT2D eigenvalue weighted by molar-refractivity contribution is -0.115. The van der Waals surface area contributed by atoms with Crippen LogP contribution in [0, 0.1) is 6.92 Å². The highest BCUT2D eigenvalue weighted by atomic mass is 35.5. The van der Waals surface area contributed by atoms with E-state index >= 15 is 0 Å². The minimum Gasteiger partial charge on any atom is -0.449 e. The molecule has 0 unspecified atom stereocenters. The summed E-state index contributed by atoms with van der Waals surface area (Å²) in [4.78, 5) is 25.0. The van der Waals surface area contributed by atoms with Gasteiger partial charge in [-0.25, -0.2) is 0 Å². The van der Waals surface area contributed by atoms with Gasteiger partial charge in [-0.15, -0.1) is 0 Å². The Labute approximate surface area is 179 Å². The molecule has 1 heterocycles. The van der Waals surface area contributed by atoms with E-state index in [1.807, 2.05) is 43.3 Å². The fourth-order valence-corrected chi connectivity index (χ4v) is 3.31. The highest BCUT2D eigenvalue weighted by molar-refractivity contribution is 6.32. The molecule has 0 saturated carbocycles. The molecule has 0 atom stereocenters. The number of hydrogen-bond donors (Lipinski definition) is 2. The van der Waals surface area contributed by atoms with E-state index in [0.717, 1.165) is 11.1 Å². The van der Waals surface area contributed by atoms with Crippen molar-refractivity contribution in [1.29, 1.82) is 0 Å². The molecule has 6 heteroatoms. The van der Waals surface area contributed by atoms with E-state index in [0.29, 0.717) is 34.1 Å². The van der Waals surface area contributed by atoms with E-state index in [1.54, 1.807) is 36.4 Å². The van der Waals surface area contributed by atoms with E-state index < -0.39 is 5.91 Å². The second-order valence-corrected chi connectivity index (χ2v) is 7.31. The van der Waals surface area contributed by atoms with Crippen LogP contribution < -0.4 is 15.4 Å². The zero-order chi connectivity index (χ0) is 21.1. The molecule has 0 radical (unpaired) electrons. The van der Waals surface area contributed by atoms with Crippen molar-refractivity contribution in [2.24, 2.45) is 0 Å². The fraction of sp³-hybridized carbons (Fsp3) is 0.0833. The summed E-state index contributed by atoms with van der Waals surface area (Å²) in [5.74, 6) is -0.0386. The van der Waals surface area contributed by atoms with Gasteiger partial charge in [0.2, 0.25) is 0 Å². The molecule has 0 spiro atoms. The van der Waals surface area contributed by atoms with E-state index in [9.17, 15) is 9.59 Å². The van der Waals surface area contributed by atoms with Gasteiger partial charge in [0.25, 0.3) is 11.8 Å². The molecule has 5 nitrogen and oxygen atoms in total. The maximum atomic E-state index is 12.5. The third-order valence-electron chi connectivity index (χ3n) is 4.83. The smallest absolute Gasteiger partial charge is 0.291 e. The number of halogens is 1. The average molecular weight is 419 g/mol. The maximum absolute atomic E-state index is 12.5. The van der Waals surface area contributed by atoms with E-state index in [2.05, 4.69) is 10.6 Å². The lowest BCUT2D eigenvalue weighted by atomic mass is 10.1. The second kappa shape index (κ2) is 8.43. The van der Waals surface area contributed by atoms with Gasteiger partial charge in [0.1, 0.15) is 0 Å². The van der Waals surface area contributed by atoms with Gasteiger partial charge < -0.3 is 15.4 Å². The summed E-state index contributed by atoms with van der Waals surface area (Å²) in [5.41, 5.74) is 3.72. The lowest BCUT2D eigenvalue weighted by Gasteiger charge is -2.20. The third kappa shape index (κ3) is 4.21. The Morgan fingerprint density at radius 3 is 2.67 bits per heavy atom. The summed E-state index contributed by atoms with van der Waals surface area (Å²) in [7, 11) is 0. The van der Waals surface area contributed by atoms with Crippen LogP contribution in [0.15, 0.2) is 72.5 Å². The Morgan fingerprint density at radius 1 is 1.10 bits per heavy atom. The number of carbonyl (C=O) groups is 2. The molecule has 1 aliphatic heterocycles. The fourth-order valence-electron chi connectivity index (χ4n) is 3.12. The normalized spacial score (nSPS) is 13.9. The zero-order valence-corrected chi connectivity index (χ0v) is 17.0. The summed E-state index contributed by atoms with van der Waals surface area (Å²) in [6.45, 7) is 2.43. The van der Waals surface area contributed by atoms with Crippen molar-refractivity contribution in [3.05, 3.63) is 99.8 Å². The van der Waals surface area contributed by atoms with Crippen molar-refractivity contribution in [3.63, 3.8) is 0 Å². The van der Waals surface area contributed by atoms with Gasteiger partial charge in [0.15, 0.2) is 11.5 Å². The highest BCUT2D eigenvalue weighted by Gasteiger charge is 2.23. The number of amides is 2. The minimum absolute atomic E-state index is 0.132. The minimum atomic E-state index is -0.403. The number of carbonyl (C=O) groups excluding carboxylic acids is 2. The Balaban J connectivity index is 1.50. The van der Waals surface area contributed by atoms with Crippen molar-refractivity contribution in [2.45, 2.75) is 13.5 Å².